The molecule has 5 unspecified atom stereocenters. The molecule has 2 fully saturated rings. The van der Waals surface area contributed by atoms with Crippen molar-refractivity contribution in [3.63, 3.8) is 0 Å². The largest absolute Gasteiger partial charge is 0.462 e. The van der Waals surface area contributed by atoms with Gasteiger partial charge < -0.3 is 28.4 Å². The Balaban J connectivity index is 2.19. The maximum absolute atomic E-state index is 11.4. The van der Waals surface area contributed by atoms with Gasteiger partial charge in [-0.05, 0) is 13.8 Å². The first-order valence-corrected chi connectivity index (χ1v) is 7.58. The van der Waals surface area contributed by atoms with Gasteiger partial charge in [0, 0.05) is 20.8 Å². The van der Waals surface area contributed by atoms with E-state index in [2.05, 4.69) is 0 Å². The Morgan fingerprint density at radius 2 is 1.71 bits per heavy atom. The summed E-state index contributed by atoms with van der Waals surface area (Å²) in [6, 6.07) is 0. The molecule has 0 aliphatic carbocycles. The van der Waals surface area contributed by atoms with E-state index >= 15 is 0 Å². The van der Waals surface area contributed by atoms with Gasteiger partial charge in [0.15, 0.2) is 30.4 Å². The van der Waals surface area contributed by atoms with E-state index in [1.54, 1.807) is 13.8 Å². The molecule has 2 aliphatic heterocycles. The van der Waals surface area contributed by atoms with Crippen molar-refractivity contribution in [2.45, 2.75) is 71.1 Å². The molecule has 24 heavy (non-hydrogen) atoms. The summed E-state index contributed by atoms with van der Waals surface area (Å²) in [6.45, 7) is 6.87. The van der Waals surface area contributed by atoms with Crippen LogP contribution in [0, 0.1) is 0 Å². The van der Waals surface area contributed by atoms with Crippen LogP contribution in [0.4, 0.5) is 0 Å². The fraction of sp³-hybridized carbons (Fsp3) is 0.800. The van der Waals surface area contributed by atoms with E-state index in [9.17, 15) is 14.4 Å². The summed E-state index contributed by atoms with van der Waals surface area (Å²) in [4.78, 5) is 33.8. The lowest BCUT2D eigenvalue weighted by Gasteiger charge is -2.29. The van der Waals surface area contributed by atoms with Gasteiger partial charge in [-0.15, -0.1) is 0 Å². The number of carbonyl (C=O) groups is 3. The smallest absolute Gasteiger partial charge is 0.303 e. The van der Waals surface area contributed by atoms with Crippen LogP contribution in [-0.2, 0) is 42.8 Å². The quantitative estimate of drug-likeness (QED) is 0.513. The van der Waals surface area contributed by atoms with E-state index in [1.807, 2.05) is 0 Å². The average Bonchev–Trinajstić information content (AvgIpc) is 2.87. The number of ether oxygens (including phenoxy) is 6. The molecule has 2 saturated heterocycles. The van der Waals surface area contributed by atoms with Crippen LogP contribution in [-0.4, -0.2) is 61.0 Å². The molecule has 2 rings (SSSR count). The molecule has 136 valence electrons. The van der Waals surface area contributed by atoms with E-state index < -0.39 is 54.4 Å². The Bertz CT molecular complexity index is 515. The topological polar surface area (TPSA) is 107 Å². The zero-order valence-corrected chi connectivity index (χ0v) is 14.3. The molecule has 2 aliphatic rings. The molecule has 9 nitrogen and oxygen atoms in total. The first kappa shape index (κ1) is 18.6. The Labute approximate surface area is 139 Å². The number of carbonyl (C=O) groups excluding carboxylic acids is 3. The van der Waals surface area contributed by atoms with Crippen molar-refractivity contribution in [2.75, 3.05) is 6.61 Å². The van der Waals surface area contributed by atoms with Crippen LogP contribution in [0.1, 0.15) is 34.6 Å². The number of hydrogen-bond donors (Lipinski definition) is 0. The second kappa shape index (κ2) is 7.04. The molecule has 0 amide bonds. The third-order valence-electron chi connectivity index (χ3n) is 3.46. The van der Waals surface area contributed by atoms with Crippen molar-refractivity contribution in [2.24, 2.45) is 0 Å². The number of esters is 3. The summed E-state index contributed by atoms with van der Waals surface area (Å²) < 4.78 is 32.5. The molecular weight excluding hydrogens is 324 g/mol. The highest BCUT2D eigenvalue weighted by Gasteiger charge is 2.59. The van der Waals surface area contributed by atoms with Crippen molar-refractivity contribution in [1.29, 1.82) is 0 Å². The van der Waals surface area contributed by atoms with Crippen LogP contribution in [0.2, 0.25) is 0 Å². The molecule has 5 atom stereocenters. The second-order valence-corrected chi connectivity index (χ2v) is 6.09. The second-order valence-electron chi connectivity index (χ2n) is 6.09. The number of hydrogen-bond acceptors (Lipinski definition) is 9. The van der Waals surface area contributed by atoms with Crippen molar-refractivity contribution in [1.82, 2.24) is 0 Å². The Kier molecular flexibility index (Phi) is 5.46. The monoisotopic (exact) mass is 346 g/mol. The zero-order valence-electron chi connectivity index (χ0n) is 14.3. The molecule has 2 heterocycles. The molecule has 0 aromatic heterocycles. The van der Waals surface area contributed by atoms with Gasteiger partial charge in [0.1, 0.15) is 12.7 Å². The van der Waals surface area contributed by atoms with Crippen molar-refractivity contribution in [3.05, 3.63) is 0 Å². The van der Waals surface area contributed by atoms with Crippen LogP contribution in [0.25, 0.3) is 0 Å². The Hall–Kier alpha value is -1.71. The maximum atomic E-state index is 11.4. The summed E-state index contributed by atoms with van der Waals surface area (Å²) in [6.07, 6.45) is -4.18. The van der Waals surface area contributed by atoms with Gasteiger partial charge in [0.25, 0.3) is 0 Å². The summed E-state index contributed by atoms with van der Waals surface area (Å²) >= 11 is 0. The highest BCUT2D eigenvalue weighted by Crippen LogP contribution is 2.40. The van der Waals surface area contributed by atoms with Gasteiger partial charge in [-0.2, -0.15) is 0 Å². The minimum absolute atomic E-state index is 0.236. The normalized spacial score (nSPS) is 31.9. The van der Waals surface area contributed by atoms with E-state index in [-0.39, 0.29) is 6.61 Å². The van der Waals surface area contributed by atoms with Gasteiger partial charge in [0.2, 0.25) is 0 Å². The van der Waals surface area contributed by atoms with Crippen LogP contribution < -0.4 is 0 Å². The molecule has 0 saturated carbocycles. The zero-order chi connectivity index (χ0) is 18.1. The SMILES string of the molecule is CC(=O)OCC(OC(C)=O)C1OC2OC(C)(C)OC2C1OC(C)=O. The minimum atomic E-state index is -0.961. The van der Waals surface area contributed by atoms with Crippen LogP contribution in [0.15, 0.2) is 0 Å². The lowest BCUT2D eigenvalue weighted by molar-refractivity contribution is -0.234. The third kappa shape index (κ3) is 4.43. The lowest BCUT2D eigenvalue weighted by atomic mass is 10.1. The summed E-state index contributed by atoms with van der Waals surface area (Å²) in [5.41, 5.74) is 0. The van der Waals surface area contributed by atoms with Gasteiger partial charge in [-0.3, -0.25) is 14.4 Å². The van der Waals surface area contributed by atoms with E-state index in [0.29, 0.717) is 0 Å². The van der Waals surface area contributed by atoms with Crippen molar-refractivity contribution in [3.8, 4) is 0 Å². The van der Waals surface area contributed by atoms with Crippen LogP contribution >= 0.6 is 0 Å². The van der Waals surface area contributed by atoms with Crippen LogP contribution in [0.5, 0.6) is 0 Å². The molecular formula is C15H22O9. The predicted molar refractivity (Wildman–Crippen MR) is 76.4 cm³/mol. The fourth-order valence-electron chi connectivity index (χ4n) is 2.74. The summed E-state index contributed by atoms with van der Waals surface area (Å²) in [5.74, 6) is -2.57. The number of rotatable bonds is 5. The van der Waals surface area contributed by atoms with Gasteiger partial charge in [-0.1, -0.05) is 0 Å². The Morgan fingerprint density at radius 3 is 2.25 bits per heavy atom. The highest BCUT2D eigenvalue weighted by molar-refractivity contribution is 5.67. The highest BCUT2D eigenvalue weighted by atomic mass is 16.8. The first-order valence-electron chi connectivity index (χ1n) is 7.58. The van der Waals surface area contributed by atoms with Crippen molar-refractivity contribution >= 4 is 17.9 Å². The van der Waals surface area contributed by atoms with Gasteiger partial charge >= 0.3 is 17.9 Å². The van der Waals surface area contributed by atoms with Crippen LogP contribution in [0.3, 0.4) is 0 Å². The standard InChI is InChI=1S/C15H22O9/c1-7(16)19-6-10(20-8(2)17)11-12(21-9(3)18)13-14(22-11)24-15(4,5)23-13/h10-14H,6H2,1-5H3. The summed E-state index contributed by atoms with van der Waals surface area (Å²) in [7, 11) is 0. The number of fused-ring (bicyclic) bond motifs is 1. The molecule has 0 spiro atoms. The van der Waals surface area contributed by atoms with E-state index in [1.165, 1.54) is 20.8 Å². The van der Waals surface area contributed by atoms with E-state index in [4.69, 9.17) is 28.4 Å². The molecule has 0 aromatic carbocycles. The van der Waals surface area contributed by atoms with Crippen molar-refractivity contribution < 1.29 is 42.8 Å². The molecule has 0 N–H and O–H groups in total. The molecule has 0 radical (unpaired) electrons. The summed E-state index contributed by atoms with van der Waals surface area (Å²) in [5, 5.41) is 0. The minimum Gasteiger partial charge on any atom is -0.462 e. The lowest BCUT2D eigenvalue weighted by Crippen LogP contribution is -2.47. The molecule has 0 aromatic rings. The Morgan fingerprint density at radius 1 is 1.04 bits per heavy atom. The molecule has 9 heteroatoms. The predicted octanol–water partition coefficient (Wildman–Crippen LogP) is 0.289. The third-order valence-corrected chi connectivity index (χ3v) is 3.46. The van der Waals surface area contributed by atoms with Gasteiger partial charge in [-0.25, -0.2) is 0 Å². The molecule has 0 bridgehead atoms. The average molecular weight is 346 g/mol. The van der Waals surface area contributed by atoms with Gasteiger partial charge in [0.05, 0.1) is 0 Å². The fourth-order valence-corrected chi connectivity index (χ4v) is 2.74. The maximum Gasteiger partial charge on any atom is 0.303 e. The van der Waals surface area contributed by atoms with E-state index in [0.717, 1.165) is 0 Å². The first-order chi connectivity index (χ1) is 11.1.